The van der Waals surface area contributed by atoms with E-state index in [2.05, 4.69) is 26.3 Å². The zero-order chi connectivity index (χ0) is 18.5. The molecule has 1 fully saturated rings. The summed E-state index contributed by atoms with van der Waals surface area (Å²) in [4.78, 5) is 14.4. The van der Waals surface area contributed by atoms with Gasteiger partial charge in [-0.15, -0.1) is 16.6 Å². The highest BCUT2D eigenvalue weighted by Crippen LogP contribution is 2.33. The Morgan fingerprint density at radius 3 is 2.81 bits per heavy atom. The van der Waals surface area contributed by atoms with E-state index in [0.29, 0.717) is 10.2 Å². The van der Waals surface area contributed by atoms with Gasteiger partial charge >= 0.3 is 0 Å². The van der Waals surface area contributed by atoms with E-state index in [9.17, 15) is 4.79 Å². The van der Waals surface area contributed by atoms with Crippen molar-refractivity contribution in [3.8, 4) is 18.0 Å². The largest absolute Gasteiger partial charge is 0.344 e. The summed E-state index contributed by atoms with van der Waals surface area (Å²) in [6.45, 7) is 3.90. The van der Waals surface area contributed by atoms with Crippen molar-refractivity contribution >= 4 is 35.2 Å². The van der Waals surface area contributed by atoms with E-state index < -0.39 is 0 Å². The molecule has 26 heavy (non-hydrogen) atoms. The second-order valence-corrected chi connectivity index (χ2v) is 7.66. The number of nitrogens with one attached hydrogen (secondary N) is 1. The molecular weight excluding hydrogens is 370 g/mol. The summed E-state index contributed by atoms with van der Waals surface area (Å²) in [6.07, 6.45) is 7.46. The van der Waals surface area contributed by atoms with Gasteiger partial charge in [-0.3, -0.25) is 9.36 Å². The number of benzene rings is 1. The number of amides is 1. The van der Waals surface area contributed by atoms with Gasteiger partial charge in [0.2, 0.25) is 11.9 Å². The van der Waals surface area contributed by atoms with Crippen molar-refractivity contribution in [1.29, 1.82) is 0 Å². The summed E-state index contributed by atoms with van der Waals surface area (Å²) in [5.41, 5.74) is 0.805. The highest BCUT2D eigenvalue weighted by Gasteiger charge is 2.25. The molecule has 8 heteroatoms. The van der Waals surface area contributed by atoms with Gasteiger partial charge in [0.1, 0.15) is 0 Å². The molecule has 2 aromatic rings. The number of nitrogens with zero attached hydrogens (tertiary/aromatic N) is 4. The van der Waals surface area contributed by atoms with Gasteiger partial charge in [-0.1, -0.05) is 41.4 Å². The molecule has 0 bridgehead atoms. The van der Waals surface area contributed by atoms with Crippen LogP contribution in [0, 0.1) is 12.3 Å². The summed E-state index contributed by atoms with van der Waals surface area (Å²) in [5, 5.41) is 12.3. The minimum absolute atomic E-state index is 0.135. The van der Waals surface area contributed by atoms with Crippen molar-refractivity contribution in [2.45, 2.75) is 30.2 Å². The first-order chi connectivity index (χ1) is 12.6. The molecule has 1 amide bonds. The van der Waals surface area contributed by atoms with Crippen LogP contribution in [-0.2, 0) is 4.79 Å². The molecule has 1 aromatic carbocycles. The van der Waals surface area contributed by atoms with Gasteiger partial charge in [0.15, 0.2) is 5.16 Å². The van der Waals surface area contributed by atoms with Gasteiger partial charge in [0.05, 0.1) is 22.5 Å². The Hall–Kier alpha value is -2.17. The summed E-state index contributed by atoms with van der Waals surface area (Å²) >= 11 is 7.76. The number of para-hydroxylation sites is 1. The van der Waals surface area contributed by atoms with Gasteiger partial charge in [-0.25, -0.2) is 0 Å². The van der Waals surface area contributed by atoms with E-state index in [4.69, 9.17) is 18.0 Å². The van der Waals surface area contributed by atoms with Crippen molar-refractivity contribution in [2.24, 2.45) is 0 Å². The minimum atomic E-state index is -0.361. The molecule has 0 radical (unpaired) electrons. The Morgan fingerprint density at radius 1 is 1.38 bits per heavy atom. The van der Waals surface area contributed by atoms with Crippen molar-refractivity contribution in [1.82, 2.24) is 20.1 Å². The Morgan fingerprint density at radius 2 is 2.12 bits per heavy atom. The number of hydrogen-bond donors (Lipinski definition) is 1. The van der Waals surface area contributed by atoms with Crippen LogP contribution in [-0.4, -0.2) is 45.6 Å². The molecule has 1 aliphatic rings. The van der Waals surface area contributed by atoms with E-state index in [0.717, 1.165) is 37.6 Å². The maximum absolute atomic E-state index is 12.2. The second-order valence-electron chi connectivity index (χ2n) is 5.95. The molecule has 1 unspecified atom stereocenters. The van der Waals surface area contributed by atoms with Crippen LogP contribution in [0.3, 0.4) is 0 Å². The molecule has 3 rings (SSSR count). The number of hydrogen-bond acceptors (Lipinski definition) is 5. The number of thioether (sulfide) groups is 1. The number of terminal acetylenes is 1. The fourth-order valence-corrected chi connectivity index (χ4v) is 3.90. The highest BCUT2D eigenvalue weighted by atomic mass is 35.5. The molecular formula is C18H20ClN5OS. The second kappa shape index (κ2) is 8.47. The third kappa shape index (κ3) is 3.97. The van der Waals surface area contributed by atoms with Gasteiger partial charge in [0.25, 0.3) is 0 Å². The molecule has 0 saturated carbocycles. The molecule has 1 atom stereocenters. The predicted octanol–water partition coefficient (Wildman–Crippen LogP) is 2.75. The maximum Gasteiger partial charge on any atom is 0.234 e. The quantitative estimate of drug-likeness (QED) is 0.608. The molecule has 1 N–H and O–H groups in total. The molecule has 2 heterocycles. The number of carbonyl (C=O) groups excluding carboxylic acids is 1. The number of halogens is 1. The Labute approximate surface area is 162 Å². The van der Waals surface area contributed by atoms with E-state index in [1.54, 1.807) is 0 Å². The van der Waals surface area contributed by atoms with E-state index in [-0.39, 0.29) is 17.7 Å². The third-order valence-corrected chi connectivity index (χ3v) is 5.48. The minimum Gasteiger partial charge on any atom is -0.344 e. The van der Waals surface area contributed by atoms with Crippen LogP contribution >= 0.6 is 23.4 Å². The molecule has 1 saturated heterocycles. The Kier molecular flexibility index (Phi) is 6.07. The predicted molar refractivity (Wildman–Crippen MR) is 105 cm³/mol. The lowest BCUT2D eigenvalue weighted by Crippen LogP contribution is -2.31. The lowest BCUT2D eigenvalue weighted by molar-refractivity contribution is -0.120. The van der Waals surface area contributed by atoms with E-state index in [1.165, 1.54) is 11.8 Å². The number of carbonyl (C=O) groups is 1. The van der Waals surface area contributed by atoms with Crippen LogP contribution in [0.5, 0.6) is 0 Å². The zero-order valence-electron chi connectivity index (χ0n) is 14.5. The standard InChI is InChI=1S/C18H20ClN5OS/c1-3-10-20-16(25)13(2)26-18-22-21-17(23-11-6-7-12-23)24(18)15-9-5-4-8-14(15)19/h1,4-5,8-9,13H,6-7,10-12H2,2H3,(H,20,25). The Bertz CT molecular complexity index is 825. The molecule has 136 valence electrons. The smallest absolute Gasteiger partial charge is 0.234 e. The fourth-order valence-electron chi connectivity index (χ4n) is 2.80. The highest BCUT2D eigenvalue weighted by molar-refractivity contribution is 8.00. The summed E-state index contributed by atoms with van der Waals surface area (Å²) < 4.78 is 1.93. The molecule has 1 aromatic heterocycles. The zero-order valence-corrected chi connectivity index (χ0v) is 16.1. The number of aromatic nitrogens is 3. The summed E-state index contributed by atoms with van der Waals surface area (Å²) in [7, 11) is 0. The van der Waals surface area contributed by atoms with Crippen LogP contribution in [0.15, 0.2) is 29.4 Å². The van der Waals surface area contributed by atoms with Crippen LogP contribution in [0.2, 0.25) is 5.02 Å². The SMILES string of the molecule is C#CCNC(=O)C(C)Sc1nnc(N2CCCC2)n1-c1ccccc1Cl. The maximum atomic E-state index is 12.2. The number of anilines is 1. The monoisotopic (exact) mass is 389 g/mol. The van der Waals surface area contributed by atoms with Crippen molar-refractivity contribution in [3.05, 3.63) is 29.3 Å². The van der Waals surface area contributed by atoms with Crippen LogP contribution < -0.4 is 10.2 Å². The molecule has 0 aliphatic carbocycles. The Balaban J connectivity index is 1.94. The molecule has 6 nitrogen and oxygen atoms in total. The average Bonchev–Trinajstić information content (AvgIpc) is 3.29. The third-order valence-electron chi connectivity index (χ3n) is 4.11. The van der Waals surface area contributed by atoms with E-state index >= 15 is 0 Å². The topological polar surface area (TPSA) is 63.1 Å². The number of rotatable bonds is 6. The summed E-state index contributed by atoms with van der Waals surface area (Å²) in [6, 6.07) is 7.57. The molecule has 0 spiro atoms. The van der Waals surface area contributed by atoms with Crippen molar-refractivity contribution in [3.63, 3.8) is 0 Å². The lowest BCUT2D eigenvalue weighted by Gasteiger charge is -2.19. The van der Waals surface area contributed by atoms with Crippen LogP contribution in [0.25, 0.3) is 5.69 Å². The fraction of sp³-hybridized carbons (Fsp3) is 0.389. The van der Waals surface area contributed by atoms with Gasteiger partial charge < -0.3 is 10.2 Å². The lowest BCUT2D eigenvalue weighted by atomic mass is 10.3. The van der Waals surface area contributed by atoms with Crippen LogP contribution in [0.1, 0.15) is 19.8 Å². The first-order valence-corrected chi connectivity index (χ1v) is 9.70. The molecule has 1 aliphatic heterocycles. The summed E-state index contributed by atoms with van der Waals surface area (Å²) in [5.74, 6) is 3.03. The van der Waals surface area contributed by atoms with Gasteiger partial charge in [-0.2, -0.15) is 0 Å². The first-order valence-electron chi connectivity index (χ1n) is 8.45. The normalized spacial score (nSPS) is 14.9. The first kappa shape index (κ1) is 18.6. The van der Waals surface area contributed by atoms with Crippen molar-refractivity contribution < 1.29 is 4.79 Å². The average molecular weight is 390 g/mol. The van der Waals surface area contributed by atoms with Crippen molar-refractivity contribution in [2.75, 3.05) is 24.5 Å². The van der Waals surface area contributed by atoms with Gasteiger partial charge in [-0.05, 0) is 31.9 Å². The van der Waals surface area contributed by atoms with Gasteiger partial charge in [0, 0.05) is 13.1 Å². The van der Waals surface area contributed by atoms with Crippen LogP contribution in [0.4, 0.5) is 5.95 Å². The van der Waals surface area contributed by atoms with E-state index in [1.807, 2.05) is 35.8 Å².